The lowest BCUT2D eigenvalue weighted by molar-refractivity contribution is -0.137. The smallest absolute Gasteiger partial charge is 0.425 e. The number of amides is 2. The van der Waals surface area contributed by atoms with Crippen molar-refractivity contribution in [3.63, 3.8) is 0 Å². The zero-order valence-corrected chi connectivity index (χ0v) is 21.7. The molecule has 0 aliphatic carbocycles. The molecule has 0 unspecified atom stereocenters. The molecule has 7 nitrogen and oxygen atoms in total. The van der Waals surface area contributed by atoms with Gasteiger partial charge in [-0.1, -0.05) is 30.3 Å². The number of aliphatic imine (C=N–C) groups is 1. The van der Waals surface area contributed by atoms with Crippen molar-refractivity contribution < 1.29 is 32.2 Å². The minimum Gasteiger partial charge on any atom is -0.461 e. The van der Waals surface area contributed by atoms with Crippen LogP contribution in [0.25, 0.3) is 0 Å². The average Bonchev–Trinajstić information content (AvgIpc) is 3.34. The van der Waals surface area contributed by atoms with Crippen LogP contribution in [0.3, 0.4) is 0 Å². The molecule has 0 aromatic heterocycles. The van der Waals surface area contributed by atoms with Crippen LogP contribution in [0.15, 0.2) is 107 Å². The first kappa shape index (κ1) is 28.2. The lowest BCUT2D eigenvalue weighted by Gasteiger charge is -2.17. The molecule has 0 bridgehead atoms. The number of rotatable bonds is 7. The number of nitrogens with zero attached hydrogens (tertiary/aromatic N) is 2. The van der Waals surface area contributed by atoms with E-state index >= 15 is 0 Å². The molecule has 0 spiro atoms. The quantitative estimate of drug-likeness (QED) is 0.322. The van der Waals surface area contributed by atoms with Crippen molar-refractivity contribution in [1.29, 1.82) is 0 Å². The first-order valence-electron chi connectivity index (χ1n) is 12.4. The molecule has 1 heterocycles. The van der Waals surface area contributed by atoms with Crippen LogP contribution in [0.1, 0.15) is 25.0 Å². The number of nitrogens with one attached hydrogen (secondary N) is 1. The predicted octanol–water partition coefficient (Wildman–Crippen LogP) is 6.99. The number of hydrogen-bond donors (Lipinski definition) is 1. The molecule has 3 aromatic rings. The number of ether oxygens (including phenoxy) is 2. The lowest BCUT2D eigenvalue weighted by Crippen LogP contribution is -2.33. The Morgan fingerprint density at radius 2 is 1.55 bits per heavy atom. The first-order chi connectivity index (χ1) is 19.1. The number of carbonyl (C=O) groups excluding carboxylic acids is 2. The van der Waals surface area contributed by atoms with Gasteiger partial charge in [0.2, 0.25) is 5.91 Å². The van der Waals surface area contributed by atoms with Gasteiger partial charge in [0.25, 0.3) is 0 Å². The van der Waals surface area contributed by atoms with Gasteiger partial charge in [-0.3, -0.25) is 9.79 Å². The molecule has 4 rings (SSSR count). The van der Waals surface area contributed by atoms with Crippen molar-refractivity contribution in [2.45, 2.75) is 26.4 Å². The standard InChI is InChI=1S/C30H26F3N3O4/c1-3-34-28-26(17-18-36(28)29(38)40-24-7-5-4-6-8-24)20(2)39-25-15-13-23(14-16-25)35-27(37)19-21-9-11-22(12-10-21)30(31,32)33/h4-18H,3,19H2,1-2H3,(H,35,37)/b26-20+,34-28?. The van der Waals surface area contributed by atoms with Gasteiger partial charge in [0.05, 0.1) is 17.6 Å². The molecular weight excluding hydrogens is 523 g/mol. The van der Waals surface area contributed by atoms with Crippen molar-refractivity contribution in [2.75, 3.05) is 11.9 Å². The second-order valence-electron chi connectivity index (χ2n) is 8.68. The summed E-state index contributed by atoms with van der Waals surface area (Å²) in [5, 5.41) is 2.72. The Morgan fingerprint density at radius 1 is 0.900 bits per heavy atom. The van der Waals surface area contributed by atoms with Crippen LogP contribution in [-0.2, 0) is 17.4 Å². The van der Waals surface area contributed by atoms with E-state index in [2.05, 4.69) is 10.3 Å². The van der Waals surface area contributed by atoms with Crippen molar-refractivity contribution >= 4 is 23.5 Å². The summed E-state index contributed by atoms with van der Waals surface area (Å²) in [6.07, 6.45) is -1.82. The van der Waals surface area contributed by atoms with Crippen LogP contribution < -0.4 is 14.8 Å². The monoisotopic (exact) mass is 549 g/mol. The minimum absolute atomic E-state index is 0.0727. The third-order valence-corrected chi connectivity index (χ3v) is 5.75. The second kappa shape index (κ2) is 12.3. The zero-order chi connectivity index (χ0) is 28.7. The Morgan fingerprint density at radius 3 is 2.17 bits per heavy atom. The highest BCUT2D eigenvalue weighted by atomic mass is 19.4. The molecule has 0 radical (unpaired) electrons. The molecule has 1 aliphatic rings. The Kier molecular flexibility index (Phi) is 8.68. The normalized spacial score (nSPS) is 15.2. The maximum Gasteiger partial charge on any atom is 0.425 e. The fraction of sp³-hybridized carbons (Fsp3) is 0.167. The second-order valence-corrected chi connectivity index (χ2v) is 8.68. The van der Waals surface area contributed by atoms with E-state index < -0.39 is 17.8 Å². The predicted molar refractivity (Wildman–Crippen MR) is 145 cm³/mol. The summed E-state index contributed by atoms with van der Waals surface area (Å²) in [5.74, 6) is 1.42. The molecule has 40 heavy (non-hydrogen) atoms. The molecule has 2 amide bonds. The number of hydrogen-bond acceptors (Lipinski definition) is 5. The van der Waals surface area contributed by atoms with Gasteiger partial charge < -0.3 is 14.8 Å². The highest BCUT2D eigenvalue weighted by Crippen LogP contribution is 2.29. The summed E-state index contributed by atoms with van der Waals surface area (Å²) in [4.78, 5) is 30.9. The van der Waals surface area contributed by atoms with Crippen molar-refractivity contribution in [2.24, 2.45) is 4.99 Å². The van der Waals surface area contributed by atoms with E-state index in [1.807, 2.05) is 13.0 Å². The molecule has 0 fully saturated rings. The fourth-order valence-electron chi connectivity index (χ4n) is 3.84. The molecule has 1 aliphatic heterocycles. The van der Waals surface area contributed by atoms with Crippen LogP contribution in [0.5, 0.6) is 11.5 Å². The topological polar surface area (TPSA) is 80.2 Å². The molecule has 0 saturated carbocycles. The van der Waals surface area contributed by atoms with Crippen molar-refractivity contribution in [1.82, 2.24) is 4.90 Å². The summed E-state index contributed by atoms with van der Waals surface area (Å²) < 4.78 is 49.6. The van der Waals surface area contributed by atoms with E-state index in [0.717, 1.165) is 12.1 Å². The molecule has 0 saturated heterocycles. The van der Waals surface area contributed by atoms with Crippen LogP contribution in [-0.4, -0.2) is 29.3 Å². The van der Waals surface area contributed by atoms with Gasteiger partial charge in [0, 0.05) is 18.4 Å². The van der Waals surface area contributed by atoms with Crippen molar-refractivity contribution in [3.8, 4) is 11.5 Å². The van der Waals surface area contributed by atoms with Crippen LogP contribution in [0.2, 0.25) is 0 Å². The first-order valence-corrected chi connectivity index (χ1v) is 12.4. The number of carbonyl (C=O) groups is 2. The van der Waals surface area contributed by atoms with Gasteiger partial charge in [0.1, 0.15) is 23.1 Å². The minimum atomic E-state index is -4.43. The number of para-hydroxylation sites is 1. The Hall–Kier alpha value is -4.86. The van der Waals surface area contributed by atoms with Gasteiger partial charge in [0.15, 0.2) is 0 Å². The van der Waals surface area contributed by atoms with Gasteiger partial charge in [-0.25, -0.2) is 9.69 Å². The Bertz CT molecular complexity index is 1450. The maximum absolute atomic E-state index is 12.8. The highest BCUT2D eigenvalue weighted by Gasteiger charge is 2.30. The van der Waals surface area contributed by atoms with E-state index in [0.29, 0.717) is 46.5 Å². The number of halogens is 3. The summed E-state index contributed by atoms with van der Waals surface area (Å²) in [6.45, 7) is 4.03. The van der Waals surface area contributed by atoms with Gasteiger partial charge in [-0.2, -0.15) is 13.2 Å². The third-order valence-electron chi connectivity index (χ3n) is 5.75. The summed E-state index contributed by atoms with van der Waals surface area (Å²) in [5.41, 5.74) is 0.807. The SMILES string of the molecule is CCN=C1/C(=C(\C)Oc2ccc(NC(=O)Cc3ccc(C(F)(F)F)cc3)cc2)C=CN1C(=O)Oc1ccccc1. The third kappa shape index (κ3) is 7.16. The average molecular weight is 550 g/mol. The molecule has 3 aromatic carbocycles. The van der Waals surface area contributed by atoms with E-state index in [4.69, 9.17) is 9.47 Å². The molecule has 1 N–H and O–H groups in total. The van der Waals surface area contributed by atoms with Crippen molar-refractivity contribution in [3.05, 3.63) is 114 Å². The largest absolute Gasteiger partial charge is 0.461 e. The number of allylic oxidation sites excluding steroid dienone is 1. The van der Waals surface area contributed by atoms with E-state index in [1.165, 1.54) is 17.0 Å². The van der Waals surface area contributed by atoms with Crippen LogP contribution in [0, 0.1) is 0 Å². The molecule has 0 atom stereocenters. The van der Waals surface area contributed by atoms with Crippen LogP contribution >= 0.6 is 0 Å². The maximum atomic E-state index is 12.8. The fourth-order valence-corrected chi connectivity index (χ4v) is 3.84. The molecular formula is C30H26F3N3O4. The number of alkyl halides is 3. The zero-order valence-electron chi connectivity index (χ0n) is 21.7. The molecule has 10 heteroatoms. The number of benzene rings is 3. The van der Waals surface area contributed by atoms with E-state index in [1.54, 1.807) is 67.7 Å². The van der Waals surface area contributed by atoms with Gasteiger partial charge in [-0.15, -0.1) is 0 Å². The Balaban J connectivity index is 1.37. The summed E-state index contributed by atoms with van der Waals surface area (Å²) in [7, 11) is 0. The van der Waals surface area contributed by atoms with Crippen LogP contribution in [0.4, 0.5) is 23.7 Å². The number of amidine groups is 1. The van der Waals surface area contributed by atoms with E-state index in [-0.39, 0.29) is 12.3 Å². The molecule has 206 valence electrons. The Labute approximate surface area is 229 Å². The number of anilines is 1. The summed E-state index contributed by atoms with van der Waals surface area (Å²) in [6, 6.07) is 19.8. The van der Waals surface area contributed by atoms with Gasteiger partial charge >= 0.3 is 12.3 Å². The summed E-state index contributed by atoms with van der Waals surface area (Å²) >= 11 is 0. The van der Waals surface area contributed by atoms with E-state index in [9.17, 15) is 22.8 Å². The highest BCUT2D eigenvalue weighted by molar-refractivity contribution is 6.11. The lowest BCUT2D eigenvalue weighted by atomic mass is 10.1. The van der Waals surface area contributed by atoms with Gasteiger partial charge in [-0.05, 0) is 74.0 Å².